The van der Waals surface area contributed by atoms with E-state index in [-0.39, 0.29) is 0 Å². The van der Waals surface area contributed by atoms with Crippen LogP contribution in [0.2, 0.25) is 0 Å². The van der Waals surface area contributed by atoms with Gasteiger partial charge in [0.15, 0.2) is 17.8 Å². The largest absolute Gasteiger partial charge is 0.493 e. The highest BCUT2D eigenvalue weighted by molar-refractivity contribution is 5.81. The third-order valence-electron chi connectivity index (χ3n) is 2.26. The molecule has 18 heavy (non-hydrogen) atoms. The van der Waals surface area contributed by atoms with Gasteiger partial charge >= 0.3 is 0 Å². The van der Waals surface area contributed by atoms with Crippen LogP contribution in [0.5, 0.6) is 11.5 Å². The van der Waals surface area contributed by atoms with E-state index in [0.717, 1.165) is 6.29 Å². The molecule has 0 aliphatic carbocycles. The van der Waals surface area contributed by atoms with Crippen LogP contribution in [0, 0.1) is 0 Å². The van der Waals surface area contributed by atoms with Crippen LogP contribution in [0.15, 0.2) is 18.2 Å². The lowest BCUT2D eigenvalue weighted by molar-refractivity contribution is 0.0538. The fraction of sp³-hybridized carbons (Fsp3) is 0.462. The summed E-state index contributed by atoms with van der Waals surface area (Å²) in [5.41, 5.74) is 0.464. The summed E-state index contributed by atoms with van der Waals surface area (Å²) in [5, 5.41) is 0. The molecule has 0 unspecified atom stereocenters. The van der Waals surface area contributed by atoms with E-state index in [2.05, 4.69) is 0 Å². The van der Waals surface area contributed by atoms with Gasteiger partial charge in [-0.3, -0.25) is 4.79 Å². The summed E-state index contributed by atoms with van der Waals surface area (Å²) in [7, 11) is 3.15. The third-order valence-corrected chi connectivity index (χ3v) is 2.26. The van der Waals surface area contributed by atoms with Crippen molar-refractivity contribution in [1.82, 2.24) is 0 Å². The molecule has 0 heterocycles. The molecule has 0 aliphatic heterocycles. The zero-order valence-corrected chi connectivity index (χ0v) is 10.7. The number of ether oxygens (including phenoxy) is 4. The molecule has 1 rings (SSSR count). The number of benzene rings is 1. The Morgan fingerprint density at radius 1 is 1.11 bits per heavy atom. The summed E-state index contributed by atoms with van der Waals surface area (Å²) in [6.45, 7) is 1.85. The van der Waals surface area contributed by atoms with Crippen molar-refractivity contribution in [3.63, 3.8) is 0 Å². The monoisotopic (exact) mass is 254 g/mol. The van der Waals surface area contributed by atoms with Crippen LogP contribution in [0.1, 0.15) is 10.4 Å². The molecule has 5 nitrogen and oxygen atoms in total. The van der Waals surface area contributed by atoms with Crippen molar-refractivity contribution in [3.05, 3.63) is 23.8 Å². The number of carbonyl (C=O) groups is 1. The van der Waals surface area contributed by atoms with Gasteiger partial charge in [0.05, 0.1) is 32.5 Å². The van der Waals surface area contributed by atoms with Crippen LogP contribution in [0.4, 0.5) is 0 Å². The highest BCUT2D eigenvalue weighted by Crippen LogP contribution is 2.29. The van der Waals surface area contributed by atoms with E-state index in [9.17, 15) is 4.79 Å². The van der Waals surface area contributed by atoms with Gasteiger partial charge in [0, 0.05) is 7.11 Å². The topological polar surface area (TPSA) is 54.0 Å². The Morgan fingerprint density at radius 2 is 1.89 bits per heavy atom. The lowest BCUT2D eigenvalue weighted by atomic mass is 10.2. The van der Waals surface area contributed by atoms with Gasteiger partial charge in [-0.05, 0) is 12.1 Å². The van der Waals surface area contributed by atoms with Crippen LogP contribution in [-0.2, 0) is 9.47 Å². The van der Waals surface area contributed by atoms with Crippen LogP contribution in [0.25, 0.3) is 0 Å². The smallest absolute Gasteiger partial charge is 0.171 e. The van der Waals surface area contributed by atoms with Crippen molar-refractivity contribution in [3.8, 4) is 11.5 Å². The van der Waals surface area contributed by atoms with Gasteiger partial charge in [0.2, 0.25) is 0 Å². The van der Waals surface area contributed by atoms with Crippen LogP contribution in [-0.4, -0.2) is 46.9 Å². The molecule has 0 fully saturated rings. The van der Waals surface area contributed by atoms with Crippen LogP contribution in [0.3, 0.4) is 0 Å². The van der Waals surface area contributed by atoms with Gasteiger partial charge in [-0.2, -0.15) is 0 Å². The number of methoxy groups -OCH3 is 2. The molecule has 1 aromatic carbocycles. The number of hydrogen-bond acceptors (Lipinski definition) is 5. The van der Waals surface area contributed by atoms with Crippen molar-refractivity contribution in [1.29, 1.82) is 0 Å². The first-order valence-corrected chi connectivity index (χ1v) is 5.65. The molecule has 0 bridgehead atoms. The van der Waals surface area contributed by atoms with Gasteiger partial charge in [0.1, 0.15) is 6.61 Å². The molecule has 5 heteroatoms. The average molecular weight is 254 g/mol. The van der Waals surface area contributed by atoms with E-state index in [1.165, 1.54) is 7.11 Å². The molecule has 0 atom stereocenters. The summed E-state index contributed by atoms with van der Waals surface area (Å²) >= 11 is 0. The zero-order valence-electron chi connectivity index (χ0n) is 10.7. The summed E-state index contributed by atoms with van der Waals surface area (Å²) < 4.78 is 20.8. The first-order valence-electron chi connectivity index (χ1n) is 5.65. The minimum atomic E-state index is 0.352. The van der Waals surface area contributed by atoms with Gasteiger partial charge < -0.3 is 18.9 Å². The Bertz CT molecular complexity index is 364. The summed E-state index contributed by atoms with van der Waals surface area (Å²) in [6, 6.07) is 5.16. The second-order valence-corrected chi connectivity index (χ2v) is 3.45. The molecule has 1 aromatic rings. The minimum Gasteiger partial charge on any atom is -0.493 e. The highest BCUT2D eigenvalue weighted by atomic mass is 16.5. The van der Waals surface area contributed by atoms with E-state index in [0.29, 0.717) is 43.5 Å². The molecule has 0 amide bonds. The van der Waals surface area contributed by atoms with Gasteiger partial charge in [-0.25, -0.2) is 0 Å². The van der Waals surface area contributed by atoms with E-state index >= 15 is 0 Å². The molecule has 100 valence electrons. The second kappa shape index (κ2) is 8.49. The number of hydrogen-bond donors (Lipinski definition) is 0. The molecule has 0 spiro atoms. The molecule has 0 radical (unpaired) electrons. The van der Waals surface area contributed by atoms with Gasteiger partial charge in [-0.1, -0.05) is 6.07 Å². The SMILES string of the molecule is COCCOCCOc1c(C=O)cccc1OC. The van der Waals surface area contributed by atoms with Crippen molar-refractivity contribution >= 4 is 6.29 Å². The first kappa shape index (κ1) is 14.5. The number of carbonyl (C=O) groups excluding carboxylic acids is 1. The lowest BCUT2D eigenvalue weighted by Gasteiger charge is -2.12. The fourth-order valence-corrected chi connectivity index (χ4v) is 1.39. The van der Waals surface area contributed by atoms with Crippen molar-refractivity contribution in [2.24, 2.45) is 0 Å². The Labute approximate surface area is 107 Å². The lowest BCUT2D eigenvalue weighted by Crippen LogP contribution is -2.11. The standard InChI is InChI=1S/C13H18O5/c1-15-6-7-17-8-9-18-13-11(10-14)4-3-5-12(13)16-2/h3-5,10H,6-9H2,1-2H3. The highest BCUT2D eigenvalue weighted by Gasteiger charge is 2.09. The van der Waals surface area contributed by atoms with Crippen LogP contribution < -0.4 is 9.47 Å². The molecular weight excluding hydrogens is 236 g/mol. The maximum atomic E-state index is 10.9. The van der Waals surface area contributed by atoms with Crippen molar-refractivity contribution in [2.45, 2.75) is 0 Å². The molecule has 0 N–H and O–H groups in total. The zero-order chi connectivity index (χ0) is 13.2. The van der Waals surface area contributed by atoms with Gasteiger partial charge in [0.25, 0.3) is 0 Å². The Kier molecular flexibility index (Phi) is 6.83. The first-order chi connectivity index (χ1) is 8.83. The Hall–Kier alpha value is -1.59. The maximum absolute atomic E-state index is 10.9. The average Bonchev–Trinajstić information content (AvgIpc) is 2.42. The Balaban J connectivity index is 2.47. The van der Waals surface area contributed by atoms with E-state index in [1.54, 1.807) is 25.3 Å². The molecule has 0 saturated carbocycles. The maximum Gasteiger partial charge on any atom is 0.171 e. The molecular formula is C13H18O5. The normalized spacial score (nSPS) is 10.1. The fourth-order valence-electron chi connectivity index (χ4n) is 1.39. The van der Waals surface area contributed by atoms with E-state index < -0.39 is 0 Å². The molecule has 0 aliphatic rings. The third kappa shape index (κ3) is 4.35. The quantitative estimate of drug-likeness (QED) is 0.494. The predicted octanol–water partition coefficient (Wildman–Crippen LogP) is 1.55. The molecule has 0 saturated heterocycles. The van der Waals surface area contributed by atoms with E-state index in [1.807, 2.05) is 0 Å². The second-order valence-electron chi connectivity index (χ2n) is 3.45. The van der Waals surface area contributed by atoms with Gasteiger partial charge in [-0.15, -0.1) is 0 Å². The summed E-state index contributed by atoms with van der Waals surface area (Å²) in [4.78, 5) is 10.9. The molecule has 0 aromatic heterocycles. The number of aldehydes is 1. The summed E-state index contributed by atoms with van der Waals surface area (Å²) in [5.74, 6) is 0.988. The van der Waals surface area contributed by atoms with Crippen LogP contribution >= 0.6 is 0 Å². The van der Waals surface area contributed by atoms with Crippen molar-refractivity contribution in [2.75, 3.05) is 40.6 Å². The Morgan fingerprint density at radius 3 is 2.56 bits per heavy atom. The summed E-state index contributed by atoms with van der Waals surface area (Å²) in [6.07, 6.45) is 0.740. The number of rotatable bonds is 9. The van der Waals surface area contributed by atoms with Crippen molar-refractivity contribution < 1.29 is 23.7 Å². The minimum absolute atomic E-state index is 0.352. The number of para-hydroxylation sites is 1. The predicted molar refractivity (Wildman–Crippen MR) is 66.6 cm³/mol. The van der Waals surface area contributed by atoms with E-state index in [4.69, 9.17) is 18.9 Å².